The number of carbonyl (C=O) groups excluding carboxylic acids is 1. The molecule has 0 amide bonds. The quantitative estimate of drug-likeness (QED) is 0.434. The van der Waals surface area contributed by atoms with Gasteiger partial charge >= 0.3 is 5.97 Å². The summed E-state index contributed by atoms with van der Waals surface area (Å²) >= 11 is 7.24. The van der Waals surface area contributed by atoms with Gasteiger partial charge in [0, 0.05) is 47.2 Å². The van der Waals surface area contributed by atoms with Crippen LogP contribution in [0.15, 0.2) is 29.6 Å². The fourth-order valence-corrected chi connectivity index (χ4v) is 5.63. The molecule has 7 heteroatoms. The van der Waals surface area contributed by atoms with Crippen LogP contribution in [-0.4, -0.2) is 22.3 Å². The van der Waals surface area contributed by atoms with Crippen molar-refractivity contribution < 1.29 is 14.3 Å². The molecule has 1 saturated heterocycles. The van der Waals surface area contributed by atoms with E-state index >= 15 is 0 Å². The third-order valence-corrected chi connectivity index (χ3v) is 6.44. The van der Waals surface area contributed by atoms with E-state index in [1.54, 1.807) is 11.3 Å². The van der Waals surface area contributed by atoms with Crippen molar-refractivity contribution in [3.05, 3.63) is 45.6 Å². The van der Waals surface area contributed by atoms with Gasteiger partial charge in [0.1, 0.15) is 11.5 Å². The minimum atomic E-state index is -0.618. The van der Waals surface area contributed by atoms with E-state index in [1.807, 2.05) is 19.1 Å². The Labute approximate surface area is 174 Å². The van der Waals surface area contributed by atoms with Crippen LogP contribution in [0.25, 0.3) is 0 Å². The Bertz CT molecular complexity index is 939. The Morgan fingerprint density at radius 3 is 2.75 bits per heavy atom. The highest BCUT2D eigenvalue weighted by molar-refractivity contribution is 7.80. The summed E-state index contributed by atoms with van der Waals surface area (Å²) in [5, 5.41) is 9.42. The van der Waals surface area contributed by atoms with Crippen LogP contribution in [0.2, 0.25) is 0 Å². The SMILES string of the molecule is CC(=O)Oc1ccc2c(c1C)O[C@]1(C[C@H]2c2cccs2)CC(C)(C)NC(=S)N1. The molecule has 0 bridgehead atoms. The number of nitrogens with one attached hydrogen (secondary N) is 2. The molecule has 1 aromatic carbocycles. The molecule has 0 radical (unpaired) electrons. The summed E-state index contributed by atoms with van der Waals surface area (Å²) in [5.74, 6) is 1.14. The fourth-order valence-electron chi connectivity index (χ4n) is 4.32. The van der Waals surface area contributed by atoms with Gasteiger partial charge in [-0.1, -0.05) is 12.1 Å². The predicted molar refractivity (Wildman–Crippen MR) is 114 cm³/mol. The lowest BCUT2D eigenvalue weighted by molar-refractivity contribution is -0.131. The molecule has 3 heterocycles. The Kier molecular flexibility index (Phi) is 4.62. The third-order valence-electron chi connectivity index (χ3n) is 5.25. The highest BCUT2D eigenvalue weighted by Gasteiger charge is 2.49. The van der Waals surface area contributed by atoms with Crippen molar-refractivity contribution in [1.82, 2.24) is 10.6 Å². The van der Waals surface area contributed by atoms with Crippen molar-refractivity contribution in [2.75, 3.05) is 0 Å². The zero-order chi connectivity index (χ0) is 20.1. The highest BCUT2D eigenvalue weighted by Crippen LogP contribution is 2.50. The zero-order valence-corrected chi connectivity index (χ0v) is 18.1. The van der Waals surface area contributed by atoms with Crippen LogP contribution in [0.1, 0.15) is 55.5 Å². The summed E-state index contributed by atoms with van der Waals surface area (Å²) in [4.78, 5) is 12.8. The van der Waals surface area contributed by atoms with Gasteiger partial charge in [-0.15, -0.1) is 11.3 Å². The number of carbonyl (C=O) groups is 1. The minimum Gasteiger partial charge on any atom is -0.467 e. The summed E-state index contributed by atoms with van der Waals surface area (Å²) in [6.07, 6.45) is 1.52. The number of thiocarbonyl (C=S) groups is 1. The lowest BCUT2D eigenvalue weighted by Crippen LogP contribution is -2.69. The fraction of sp³-hybridized carbons (Fsp3) is 0.429. The van der Waals surface area contributed by atoms with E-state index in [9.17, 15) is 4.79 Å². The van der Waals surface area contributed by atoms with Gasteiger partial charge in [-0.3, -0.25) is 4.79 Å². The van der Waals surface area contributed by atoms with Gasteiger partial charge in [-0.05, 0) is 50.5 Å². The zero-order valence-electron chi connectivity index (χ0n) is 16.4. The number of ether oxygens (including phenoxy) is 2. The van der Waals surface area contributed by atoms with Gasteiger partial charge in [0.05, 0.1) is 0 Å². The van der Waals surface area contributed by atoms with Crippen molar-refractivity contribution >= 4 is 34.6 Å². The van der Waals surface area contributed by atoms with Crippen molar-refractivity contribution in [2.24, 2.45) is 0 Å². The second-order valence-electron chi connectivity index (χ2n) is 8.21. The number of hydrogen-bond acceptors (Lipinski definition) is 5. The van der Waals surface area contributed by atoms with E-state index in [1.165, 1.54) is 11.8 Å². The van der Waals surface area contributed by atoms with Crippen molar-refractivity contribution in [1.29, 1.82) is 0 Å². The van der Waals surface area contributed by atoms with E-state index in [0.717, 1.165) is 29.7 Å². The summed E-state index contributed by atoms with van der Waals surface area (Å²) in [6.45, 7) is 7.60. The highest BCUT2D eigenvalue weighted by atomic mass is 32.1. The van der Waals surface area contributed by atoms with Crippen molar-refractivity contribution in [3.8, 4) is 11.5 Å². The van der Waals surface area contributed by atoms with E-state index in [4.69, 9.17) is 21.7 Å². The first-order chi connectivity index (χ1) is 13.2. The molecule has 148 valence electrons. The van der Waals surface area contributed by atoms with Crippen molar-refractivity contribution in [2.45, 2.75) is 57.7 Å². The molecular weight excluding hydrogens is 392 g/mol. The lowest BCUT2D eigenvalue weighted by atomic mass is 9.79. The lowest BCUT2D eigenvalue weighted by Gasteiger charge is -2.50. The molecule has 2 N–H and O–H groups in total. The molecule has 0 unspecified atom stereocenters. The monoisotopic (exact) mass is 416 g/mol. The number of rotatable bonds is 2. The maximum atomic E-state index is 11.5. The van der Waals surface area contributed by atoms with Crippen LogP contribution in [0, 0.1) is 6.92 Å². The molecule has 2 atom stereocenters. The molecule has 0 aliphatic carbocycles. The molecule has 1 aromatic heterocycles. The summed E-state index contributed by atoms with van der Waals surface area (Å²) < 4.78 is 12.0. The molecule has 2 aromatic rings. The number of hydrogen-bond donors (Lipinski definition) is 2. The van der Waals surface area contributed by atoms with Crippen LogP contribution in [-0.2, 0) is 4.79 Å². The number of thiophene rings is 1. The molecular formula is C21H24N2O3S2. The summed E-state index contributed by atoms with van der Waals surface area (Å²) in [7, 11) is 0. The third kappa shape index (κ3) is 3.49. The van der Waals surface area contributed by atoms with Gasteiger partial charge in [-0.25, -0.2) is 0 Å². The van der Waals surface area contributed by atoms with E-state index in [-0.39, 0.29) is 17.4 Å². The Morgan fingerprint density at radius 2 is 2.11 bits per heavy atom. The van der Waals surface area contributed by atoms with Gasteiger partial charge in [-0.2, -0.15) is 0 Å². The Morgan fingerprint density at radius 1 is 1.32 bits per heavy atom. The van der Waals surface area contributed by atoms with Gasteiger partial charge in [0.25, 0.3) is 0 Å². The number of benzene rings is 1. The summed E-state index contributed by atoms with van der Waals surface area (Å²) in [6, 6.07) is 8.12. The average molecular weight is 417 g/mol. The summed E-state index contributed by atoms with van der Waals surface area (Å²) in [5.41, 5.74) is 1.14. The van der Waals surface area contributed by atoms with Gasteiger partial charge < -0.3 is 20.1 Å². The standard InChI is InChI=1S/C21H24N2O3S2/c1-12-16(25-13(2)24)8-7-14-15(17-6-5-9-28-17)10-21(26-18(12)14)11-20(3,4)22-19(27)23-21/h5-9,15H,10-11H2,1-4H3,(H2,22,23,27)/t15-,21-/m1/s1. The maximum absolute atomic E-state index is 11.5. The van der Waals surface area contributed by atoms with Crippen LogP contribution in [0.3, 0.4) is 0 Å². The van der Waals surface area contributed by atoms with Crippen LogP contribution < -0.4 is 20.1 Å². The molecule has 1 fully saturated rings. The molecule has 5 nitrogen and oxygen atoms in total. The molecule has 4 rings (SSSR count). The van der Waals surface area contributed by atoms with E-state index in [2.05, 4.69) is 42.0 Å². The number of fused-ring (bicyclic) bond motifs is 1. The molecule has 0 saturated carbocycles. The van der Waals surface area contributed by atoms with E-state index < -0.39 is 5.72 Å². The predicted octanol–water partition coefficient (Wildman–Crippen LogP) is 4.24. The molecule has 28 heavy (non-hydrogen) atoms. The number of esters is 1. The van der Waals surface area contributed by atoms with Gasteiger partial charge in [0.2, 0.25) is 0 Å². The second-order valence-corrected chi connectivity index (χ2v) is 9.60. The van der Waals surface area contributed by atoms with Crippen molar-refractivity contribution in [3.63, 3.8) is 0 Å². The first kappa shape index (κ1) is 19.2. The van der Waals surface area contributed by atoms with Gasteiger partial charge in [0.15, 0.2) is 10.8 Å². The minimum absolute atomic E-state index is 0.179. The normalized spacial score (nSPS) is 25.3. The molecule has 1 spiro atoms. The van der Waals surface area contributed by atoms with Crippen LogP contribution in [0.5, 0.6) is 11.5 Å². The second kappa shape index (κ2) is 6.74. The maximum Gasteiger partial charge on any atom is 0.308 e. The Balaban J connectivity index is 1.84. The van der Waals surface area contributed by atoms with Crippen LogP contribution in [0.4, 0.5) is 0 Å². The Hall–Kier alpha value is -2.12. The average Bonchev–Trinajstić information content (AvgIpc) is 3.09. The smallest absolute Gasteiger partial charge is 0.308 e. The largest absolute Gasteiger partial charge is 0.467 e. The molecule has 2 aliphatic heterocycles. The topological polar surface area (TPSA) is 59.6 Å². The molecule has 2 aliphatic rings. The first-order valence-corrected chi connectivity index (χ1v) is 10.6. The first-order valence-electron chi connectivity index (χ1n) is 9.33. The van der Waals surface area contributed by atoms with Crippen LogP contribution >= 0.6 is 23.6 Å². The van der Waals surface area contributed by atoms with E-state index in [0.29, 0.717) is 10.9 Å².